The minimum absolute atomic E-state index is 0.189. The number of pyridine rings is 1. The molecule has 0 aliphatic rings. The molecule has 1 aromatic rings. The van der Waals surface area contributed by atoms with Crippen LogP contribution in [-0.2, 0) is 0 Å². The van der Waals surface area contributed by atoms with E-state index in [0.29, 0.717) is 5.92 Å². The van der Waals surface area contributed by atoms with Gasteiger partial charge >= 0.3 is 0 Å². The van der Waals surface area contributed by atoms with Gasteiger partial charge in [-0.2, -0.15) is 0 Å². The van der Waals surface area contributed by atoms with Crippen LogP contribution in [0.3, 0.4) is 0 Å². The zero-order valence-electron chi connectivity index (χ0n) is 8.42. The van der Waals surface area contributed by atoms with Crippen LogP contribution in [0.1, 0.15) is 37.4 Å². The second-order valence-electron chi connectivity index (χ2n) is 3.47. The van der Waals surface area contributed by atoms with Crippen molar-refractivity contribution in [3.05, 3.63) is 29.6 Å². The Morgan fingerprint density at radius 3 is 2.77 bits per heavy atom. The summed E-state index contributed by atoms with van der Waals surface area (Å²) in [6.45, 7) is 6.31. The van der Waals surface area contributed by atoms with Crippen LogP contribution in [0.25, 0.3) is 0 Å². The van der Waals surface area contributed by atoms with Crippen LogP contribution in [0.15, 0.2) is 18.3 Å². The van der Waals surface area contributed by atoms with Gasteiger partial charge < -0.3 is 0 Å². The SMILES string of the molecule is CCC(Cl)C(C)c1cc(C)ccn1. The van der Waals surface area contributed by atoms with Crippen molar-refractivity contribution in [2.24, 2.45) is 0 Å². The molecule has 0 spiro atoms. The van der Waals surface area contributed by atoms with E-state index in [-0.39, 0.29) is 5.38 Å². The number of nitrogens with zero attached hydrogens (tertiary/aromatic N) is 1. The van der Waals surface area contributed by atoms with Crippen molar-refractivity contribution in [1.29, 1.82) is 0 Å². The first-order valence-corrected chi connectivity index (χ1v) is 5.15. The second kappa shape index (κ2) is 4.61. The summed E-state index contributed by atoms with van der Waals surface area (Å²) in [7, 11) is 0. The highest BCUT2D eigenvalue weighted by Crippen LogP contribution is 2.23. The highest BCUT2D eigenvalue weighted by atomic mass is 35.5. The van der Waals surface area contributed by atoms with Gasteiger partial charge in [0.25, 0.3) is 0 Å². The van der Waals surface area contributed by atoms with Crippen LogP contribution in [0, 0.1) is 6.92 Å². The molecule has 13 heavy (non-hydrogen) atoms. The van der Waals surface area contributed by atoms with E-state index >= 15 is 0 Å². The zero-order valence-corrected chi connectivity index (χ0v) is 9.17. The first-order chi connectivity index (χ1) is 6.15. The molecule has 2 heteroatoms. The molecule has 1 aromatic heterocycles. The van der Waals surface area contributed by atoms with Gasteiger partial charge in [0.2, 0.25) is 0 Å². The molecule has 2 atom stereocenters. The molecule has 0 bridgehead atoms. The summed E-state index contributed by atoms with van der Waals surface area (Å²) in [5, 5.41) is 0.189. The summed E-state index contributed by atoms with van der Waals surface area (Å²) < 4.78 is 0. The first-order valence-electron chi connectivity index (χ1n) is 4.71. The molecule has 0 saturated heterocycles. The molecule has 0 radical (unpaired) electrons. The number of hydrogen-bond acceptors (Lipinski definition) is 1. The van der Waals surface area contributed by atoms with Crippen molar-refractivity contribution in [3.8, 4) is 0 Å². The molecule has 1 rings (SSSR count). The van der Waals surface area contributed by atoms with Crippen molar-refractivity contribution in [2.45, 2.75) is 38.5 Å². The third-order valence-electron chi connectivity index (χ3n) is 2.34. The summed E-state index contributed by atoms with van der Waals surface area (Å²) in [6.07, 6.45) is 2.83. The molecule has 0 aliphatic heterocycles. The third kappa shape index (κ3) is 2.70. The van der Waals surface area contributed by atoms with Crippen molar-refractivity contribution in [3.63, 3.8) is 0 Å². The Morgan fingerprint density at radius 1 is 1.54 bits per heavy atom. The Morgan fingerprint density at radius 2 is 2.23 bits per heavy atom. The van der Waals surface area contributed by atoms with Crippen LogP contribution in [0.5, 0.6) is 0 Å². The number of halogens is 1. The van der Waals surface area contributed by atoms with E-state index in [9.17, 15) is 0 Å². The molecular formula is C11H16ClN. The van der Waals surface area contributed by atoms with Crippen molar-refractivity contribution < 1.29 is 0 Å². The van der Waals surface area contributed by atoms with Gasteiger partial charge in [0, 0.05) is 23.2 Å². The largest absolute Gasteiger partial charge is 0.261 e. The van der Waals surface area contributed by atoms with E-state index in [1.807, 2.05) is 12.3 Å². The Balaban J connectivity index is 2.82. The van der Waals surface area contributed by atoms with Crippen LogP contribution >= 0.6 is 11.6 Å². The van der Waals surface area contributed by atoms with E-state index in [1.165, 1.54) is 5.56 Å². The maximum Gasteiger partial charge on any atom is 0.0449 e. The zero-order chi connectivity index (χ0) is 9.84. The number of aromatic nitrogens is 1. The van der Waals surface area contributed by atoms with E-state index in [1.54, 1.807) is 0 Å². The lowest BCUT2D eigenvalue weighted by atomic mass is 10.00. The topological polar surface area (TPSA) is 12.9 Å². The minimum Gasteiger partial charge on any atom is -0.261 e. The maximum absolute atomic E-state index is 6.16. The van der Waals surface area contributed by atoms with Crippen molar-refractivity contribution >= 4 is 11.6 Å². The normalized spacial score (nSPS) is 15.4. The average Bonchev–Trinajstić information content (AvgIpc) is 2.15. The fraction of sp³-hybridized carbons (Fsp3) is 0.545. The van der Waals surface area contributed by atoms with Crippen LogP contribution < -0.4 is 0 Å². The monoisotopic (exact) mass is 197 g/mol. The Bertz CT molecular complexity index is 273. The van der Waals surface area contributed by atoms with Gasteiger partial charge in [-0.15, -0.1) is 11.6 Å². The van der Waals surface area contributed by atoms with Gasteiger partial charge in [-0.05, 0) is 31.0 Å². The van der Waals surface area contributed by atoms with Crippen LogP contribution in [0.2, 0.25) is 0 Å². The standard InChI is InChI=1S/C11H16ClN/c1-4-10(12)9(3)11-7-8(2)5-6-13-11/h5-7,9-10H,4H2,1-3H3. The Hall–Kier alpha value is -0.560. The van der Waals surface area contributed by atoms with E-state index < -0.39 is 0 Å². The summed E-state index contributed by atoms with van der Waals surface area (Å²) in [6, 6.07) is 4.11. The summed E-state index contributed by atoms with van der Waals surface area (Å²) in [4.78, 5) is 4.32. The van der Waals surface area contributed by atoms with E-state index in [0.717, 1.165) is 12.1 Å². The number of hydrogen-bond donors (Lipinski definition) is 0. The predicted octanol–water partition coefficient (Wildman–Crippen LogP) is 3.51. The Kier molecular flexibility index (Phi) is 3.73. The van der Waals surface area contributed by atoms with Crippen molar-refractivity contribution in [2.75, 3.05) is 0 Å². The van der Waals surface area contributed by atoms with E-state index in [4.69, 9.17) is 11.6 Å². The minimum atomic E-state index is 0.189. The molecule has 1 nitrogen and oxygen atoms in total. The maximum atomic E-state index is 6.16. The summed E-state index contributed by atoms with van der Waals surface area (Å²) >= 11 is 6.16. The molecule has 0 amide bonds. The highest BCUT2D eigenvalue weighted by Gasteiger charge is 2.15. The fourth-order valence-electron chi connectivity index (χ4n) is 1.35. The molecule has 1 heterocycles. The molecule has 0 aromatic carbocycles. The summed E-state index contributed by atoms with van der Waals surface area (Å²) in [5.41, 5.74) is 2.35. The lowest BCUT2D eigenvalue weighted by Gasteiger charge is -2.15. The number of rotatable bonds is 3. The quantitative estimate of drug-likeness (QED) is 0.676. The lowest BCUT2D eigenvalue weighted by molar-refractivity contribution is 0.656. The van der Waals surface area contributed by atoms with Gasteiger partial charge in [0.1, 0.15) is 0 Å². The molecular weight excluding hydrogens is 182 g/mol. The first kappa shape index (κ1) is 10.5. The second-order valence-corrected chi connectivity index (χ2v) is 4.03. The summed E-state index contributed by atoms with van der Waals surface area (Å²) in [5.74, 6) is 0.339. The molecule has 0 saturated carbocycles. The third-order valence-corrected chi connectivity index (χ3v) is 3.02. The van der Waals surface area contributed by atoms with Crippen LogP contribution in [-0.4, -0.2) is 10.4 Å². The van der Waals surface area contributed by atoms with Gasteiger partial charge in [0.15, 0.2) is 0 Å². The average molecular weight is 198 g/mol. The predicted molar refractivity (Wildman–Crippen MR) is 57.3 cm³/mol. The van der Waals surface area contributed by atoms with Gasteiger partial charge in [-0.3, -0.25) is 4.98 Å². The number of alkyl halides is 1. The van der Waals surface area contributed by atoms with Crippen molar-refractivity contribution in [1.82, 2.24) is 4.98 Å². The lowest BCUT2D eigenvalue weighted by Crippen LogP contribution is -2.09. The smallest absolute Gasteiger partial charge is 0.0449 e. The van der Waals surface area contributed by atoms with Gasteiger partial charge in [0.05, 0.1) is 0 Å². The number of aryl methyl sites for hydroxylation is 1. The van der Waals surface area contributed by atoms with Crippen LogP contribution in [0.4, 0.5) is 0 Å². The molecule has 0 fully saturated rings. The fourth-order valence-corrected chi connectivity index (χ4v) is 1.48. The molecule has 0 aliphatic carbocycles. The van der Waals surface area contributed by atoms with Gasteiger partial charge in [-0.25, -0.2) is 0 Å². The molecule has 2 unspecified atom stereocenters. The molecule has 72 valence electrons. The van der Waals surface area contributed by atoms with E-state index in [2.05, 4.69) is 31.8 Å². The highest BCUT2D eigenvalue weighted by molar-refractivity contribution is 6.21. The molecule has 0 N–H and O–H groups in total. The van der Waals surface area contributed by atoms with Gasteiger partial charge in [-0.1, -0.05) is 13.8 Å². The Labute approximate surface area is 85.1 Å².